The van der Waals surface area contributed by atoms with Crippen LogP contribution >= 0.6 is 0 Å². The number of anilines is 1. The fourth-order valence-corrected chi connectivity index (χ4v) is 1.78. The minimum Gasteiger partial charge on any atom is -0.497 e. The Hall–Kier alpha value is -2.10. The molecule has 1 aromatic carbocycles. The van der Waals surface area contributed by atoms with Gasteiger partial charge in [0.2, 0.25) is 0 Å². The van der Waals surface area contributed by atoms with Gasteiger partial charge in [0.05, 0.1) is 20.8 Å². The third kappa shape index (κ3) is 2.77. The number of hydrogen-bond donors (Lipinski definition) is 1. The van der Waals surface area contributed by atoms with Gasteiger partial charge in [-0.25, -0.2) is 0 Å². The molecule has 18 heavy (non-hydrogen) atoms. The molecule has 0 bridgehead atoms. The van der Waals surface area contributed by atoms with E-state index in [2.05, 4.69) is 16.0 Å². The maximum atomic E-state index is 5.23. The van der Waals surface area contributed by atoms with Crippen molar-refractivity contribution in [3.05, 3.63) is 42.2 Å². The van der Waals surface area contributed by atoms with Crippen LogP contribution in [0.3, 0.4) is 0 Å². The smallest absolute Gasteiger partial charge is 0.124 e. The van der Waals surface area contributed by atoms with Gasteiger partial charge in [-0.05, 0) is 12.1 Å². The molecule has 96 valence electrons. The van der Waals surface area contributed by atoms with Gasteiger partial charge < -0.3 is 19.4 Å². The molecule has 0 fully saturated rings. The van der Waals surface area contributed by atoms with E-state index in [1.165, 1.54) is 5.69 Å². The summed E-state index contributed by atoms with van der Waals surface area (Å²) in [5, 5.41) is 3.36. The Morgan fingerprint density at radius 1 is 1.11 bits per heavy atom. The predicted octanol–water partition coefficient (Wildman–Crippen LogP) is 2.65. The highest BCUT2D eigenvalue weighted by Crippen LogP contribution is 2.26. The van der Waals surface area contributed by atoms with E-state index in [-0.39, 0.29) is 0 Å². The summed E-state index contributed by atoms with van der Waals surface area (Å²) in [4.78, 5) is 0. The fourth-order valence-electron chi connectivity index (χ4n) is 1.78. The minimum atomic E-state index is 0.764. The number of benzene rings is 1. The van der Waals surface area contributed by atoms with Gasteiger partial charge in [0, 0.05) is 42.8 Å². The van der Waals surface area contributed by atoms with Gasteiger partial charge in [-0.1, -0.05) is 0 Å². The molecule has 0 radical (unpaired) electrons. The maximum absolute atomic E-state index is 5.23. The quantitative estimate of drug-likeness (QED) is 0.881. The summed E-state index contributed by atoms with van der Waals surface area (Å²) >= 11 is 0. The zero-order chi connectivity index (χ0) is 13.0. The number of ether oxygens (including phenoxy) is 2. The van der Waals surface area contributed by atoms with Crippen molar-refractivity contribution < 1.29 is 9.47 Å². The number of hydrogen-bond acceptors (Lipinski definition) is 3. The zero-order valence-corrected chi connectivity index (χ0v) is 10.9. The molecule has 0 aliphatic rings. The van der Waals surface area contributed by atoms with Crippen molar-refractivity contribution in [2.45, 2.75) is 6.54 Å². The van der Waals surface area contributed by atoms with E-state index in [1.807, 2.05) is 37.5 Å². The molecule has 0 amide bonds. The Kier molecular flexibility index (Phi) is 3.77. The van der Waals surface area contributed by atoms with Gasteiger partial charge in [0.25, 0.3) is 0 Å². The molecule has 1 N–H and O–H groups in total. The van der Waals surface area contributed by atoms with Crippen molar-refractivity contribution in [2.24, 2.45) is 7.05 Å². The van der Waals surface area contributed by atoms with Gasteiger partial charge in [0.1, 0.15) is 11.5 Å². The molecule has 4 heteroatoms. The standard InChI is InChI=1S/C14H18N2O2/c1-16-6-4-5-12(16)10-15-11-7-13(17-2)9-14(8-11)18-3/h4-9,15H,10H2,1-3H3. The fraction of sp³-hybridized carbons (Fsp3) is 0.286. The lowest BCUT2D eigenvalue weighted by molar-refractivity contribution is 0.394. The Morgan fingerprint density at radius 2 is 1.78 bits per heavy atom. The third-order valence-electron chi connectivity index (χ3n) is 2.88. The summed E-state index contributed by atoms with van der Waals surface area (Å²) in [5.74, 6) is 1.56. The SMILES string of the molecule is COc1cc(NCc2cccn2C)cc(OC)c1. The highest BCUT2D eigenvalue weighted by molar-refractivity contribution is 5.53. The van der Waals surface area contributed by atoms with Gasteiger partial charge >= 0.3 is 0 Å². The van der Waals surface area contributed by atoms with Crippen molar-refractivity contribution in [1.29, 1.82) is 0 Å². The second-order valence-corrected chi connectivity index (χ2v) is 4.07. The molecule has 0 aliphatic carbocycles. The van der Waals surface area contributed by atoms with Crippen LogP contribution in [0.25, 0.3) is 0 Å². The molecule has 1 heterocycles. The van der Waals surface area contributed by atoms with Gasteiger partial charge in [-0.15, -0.1) is 0 Å². The van der Waals surface area contributed by atoms with E-state index < -0.39 is 0 Å². The normalized spacial score (nSPS) is 10.2. The highest BCUT2D eigenvalue weighted by atomic mass is 16.5. The molecule has 0 unspecified atom stereocenters. The van der Waals surface area contributed by atoms with Crippen molar-refractivity contribution in [3.63, 3.8) is 0 Å². The van der Waals surface area contributed by atoms with Crippen LogP contribution in [0.4, 0.5) is 5.69 Å². The Morgan fingerprint density at radius 3 is 2.28 bits per heavy atom. The van der Waals surface area contributed by atoms with Crippen LogP contribution in [-0.4, -0.2) is 18.8 Å². The second kappa shape index (κ2) is 5.49. The summed E-state index contributed by atoms with van der Waals surface area (Å²) < 4.78 is 12.6. The predicted molar refractivity (Wildman–Crippen MR) is 72.3 cm³/mol. The lowest BCUT2D eigenvalue weighted by Crippen LogP contribution is -2.04. The first-order valence-electron chi connectivity index (χ1n) is 5.80. The first-order valence-corrected chi connectivity index (χ1v) is 5.80. The minimum absolute atomic E-state index is 0.764. The van der Waals surface area contributed by atoms with Crippen LogP contribution in [0.2, 0.25) is 0 Å². The van der Waals surface area contributed by atoms with Crippen molar-refractivity contribution >= 4 is 5.69 Å². The zero-order valence-electron chi connectivity index (χ0n) is 10.9. The molecule has 1 aromatic heterocycles. The van der Waals surface area contributed by atoms with Gasteiger partial charge in [-0.3, -0.25) is 0 Å². The Labute approximate surface area is 107 Å². The molecule has 2 rings (SSSR count). The number of aryl methyl sites for hydroxylation is 1. The van der Waals surface area contributed by atoms with Crippen molar-refractivity contribution in [1.82, 2.24) is 4.57 Å². The van der Waals surface area contributed by atoms with Crippen LogP contribution in [0.5, 0.6) is 11.5 Å². The average molecular weight is 246 g/mol. The largest absolute Gasteiger partial charge is 0.497 e. The summed E-state index contributed by atoms with van der Waals surface area (Å²) in [6, 6.07) is 9.87. The highest BCUT2D eigenvalue weighted by Gasteiger charge is 2.02. The van der Waals surface area contributed by atoms with Crippen LogP contribution < -0.4 is 14.8 Å². The number of methoxy groups -OCH3 is 2. The maximum Gasteiger partial charge on any atom is 0.124 e. The first-order chi connectivity index (χ1) is 8.72. The molecule has 2 aromatic rings. The van der Waals surface area contributed by atoms with Crippen molar-refractivity contribution in [2.75, 3.05) is 19.5 Å². The molecular formula is C14H18N2O2. The van der Waals surface area contributed by atoms with E-state index in [0.29, 0.717) is 0 Å². The number of nitrogens with one attached hydrogen (secondary N) is 1. The lowest BCUT2D eigenvalue weighted by Gasteiger charge is -2.11. The summed E-state index contributed by atoms with van der Waals surface area (Å²) in [6.45, 7) is 0.764. The average Bonchev–Trinajstić information content (AvgIpc) is 2.81. The summed E-state index contributed by atoms with van der Waals surface area (Å²) in [7, 11) is 5.33. The van der Waals surface area contributed by atoms with Gasteiger partial charge in [-0.2, -0.15) is 0 Å². The van der Waals surface area contributed by atoms with Crippen molar-refractivity contribution in [3.8, 4) is 11.5 Å². The molecule has 0 saturated heterocycles. The van der Waals surface area contributed by atoms with Crippen LogP contribution in [-0.2, 0) is 13.6 Å². The monoisotopic (exact) mass is 246 g/mol. The molecule has 0 aliphatic heterocycles. The van der Waals surface area contributed by atoms with E-state index in [9.17, 15) is 0 Å². The lowest BCUT2D eigenvalue weighted by atomic mass is 10.2. The van der Waals surface area contributed by atoms with Gasteiger partial charge in [0.15, 0.2) is 0 Å². The second-order valence-electron chi connectivity index (χ2n) is 4.07. The summed E-state index contributed by atoms with van der Waals surface area (Å²) in [6.07, 6.45) is 2.03. The molecule has 0 saturated carbocycles. The Bertz CT molecular complexity index is 498. The van der Waals surface area contributed by atoms with E-state index in [1.54, 1.807) is 14.2 Å². The van der Waals surface area contributed by atoms with Crippen LogP contribution in [0.15, 0.2) is 36.5 Å². The van der Waals surface area contributed by atoms with E-state index >= 15 is 0 Å². The Balaban J connectivity index is 2.11. The number of rotatable bonds is 5. The topological polar surface area (TPSA) is 35.4 Å². The van der Waals surface area contributed by atoms with Crippen LogP contribution in [0, 0.1) is 0 Å². The molecule has 4 nitrogen and oxygen atoms in total. The molecule has 0 spiro atoms. The third-order valence-corrected chi connectivity index (χ3v) is 2.88. The first kappa shape index (κ1) is 12.4. The number of aromatic nitrogens is 1. The molecule has 0 atom stereocenters. The van der Waals surface area contributed by atoms with E-state index in [0.717, 1.165) is 23.7 Å². The molecular weight excluding hydrogens is 228 g/mol. The van der Waals surface area contributed by atoms with E-state index in [4.69, 9.17) is 9.47 Å². The van der Waals surface area contributed by atoms with Crippen LogP contribution in [0.1, 0.15) is 5.69 Å². The summed E-state index contributed by atoms with van der Waals surface area (Å²) in [5.41, 5.74) is 2.20. The number of nitrogens with zero attached hydrogens (tertiary/aromatic N) is 1.